The maximum absolute atomic E-state index is 6.10. The number of nitrogens with two attached hydrogens (primary N) is 1. The molecule has 2 rings (SSSR count). The second-order valence-corrected chi connectivity index (χ2v) is 4.73. The minimum absolute atomic E-state index is 0.404. The molecule has 0 unspecified atom stereocenters. The van der Waals surface area contributed by atoms with Gasteiger partial charge in [-0.15, -0.1) is 0 Å². The van der Waals surface area contributed by atoms with Crippen molar-refractivity contribution in [3.8, 4) is 0 Å². The molecule has 0 bridgehead atoms. The molecule has 0 aromatic heterocycles. The lowest BCUT2D eigenvalue weighted by Crippen LogP contribution is -2.34. The van der Waals surface area contributed by atoms with Crippen LogP contribution in [0.25, 0.3) is 0 Å². The van der Waals surface area contributed by atoms with Gasteiger partial charge in [-0.25, -0.2) is 0 Å². The Morgan fingerprint density at radius 3 is 2.76 bits per heavy atom. The lowest BCUT2D eigenvalue weighted by atomic mass is 10.1. The molecule has 1 aliphatic heterocycles. The first-order valence-electron chi connectivity index (χ1n) is 5.38. The molecule has 3 nitrogen and oxygen atoms in total. The van der Waals surface area contributed by atoms with Crippen LogP contribution in [0.2, 0.25) is 5.02 Å². The zero-order valence-electron chi connectivity index (χ0n) is 9.34. The highest BCUT2D eigenvalue weighted by Gasteiger charge is 2.13. The molecule has 0 aliphatic carbocycles. The summed E-state index contributed by atoms with van der Waals surface area (Å²) in [5, 5.41) is 1.23. The fourth-order valence-electron chi connectivity index (χ4n) is 1.72. The Labute approximate surface area is 111 Å². The number of rotatable bonds is 3. The van der Waals surface area contributed by atoms with Crippen LogP contribution in [-0.2, 0) is 6.42 Å². The van der Waals surface area contributed by atoms with Gasteiger partial charge in [-0.2, -0.15) is 0 Å². The van der Waals surface area contributed by atoms with Crippen LogP contribution in [0.3, 0.4) is 0 Å². The Balaban J connectivity index is 1.87. The lowest BCUT2D eigenvalue weighted by molar-refractivity contribution is 0.334. The van der Waals surface area contributed by atoms with E-state index in [0.29, 0.717) is 5.11 Å². The van der Waals surface area contributed by atoms with E-state index in [1.165, 1.54) is 0 Å². The highest BCUT2D eigenvalue weighted by Crippen LogP contribution is 2.16. The summed E-state index contributed by atoms with van der Waals surface area (Å²) in [7, 11) is 0. The number of hydrogen-bond acceptors (Lipinski definition) is 2. The van der Waals surface area contributed by atoms with Gasteiger partial charge in [-0.3, -0.25) is 0 Å². The van der Waals surface area contributed by atoms with Gasteiger partial charge in [0.2, 0.25) is 0 Å². The predicted octanol–water partition coefficient (Wildman–Crippen LogP) is 2.17. The van der Waals surface area contributed by atoms with Crippen molar-refractivity contribution in [1.29, 1.82) is 0 Å². The van der Waals surface area contributed by atoms with Gasteiger partial charge in [0.05, 0.1) is 6.67 Å². The predicted molar refractivity (Wildman–Crippen MR) is 74.5 cm³/mol. The summed E-state index contributed by atoms with van der Waals surface area (Å²) in [4.78, 5) is 3.99. The van der Waals surface area contributed by atoms with Crippen LogP contribution in [0, 0.1) is 0 Å². The molecule has 0 atom stereocenters. The second kappa shape index (κ2) is 5.38. The summed E-state index contributed by atoms with van der Waals surface area (Å²) >= 11 is 11.0. The number of thiocarbonyl (C=S) groups is 1. The van der Waals surface area contributed by atoms with Crippen LogP contribution < -0.4 is 5.73 Å². The molecule has 0 radical (unpaired) electrons. The summed E-state index contributed by atoms with van der Waals surface area (Å²) in [5.41, 5.74) is 6.71. The first-order valence-corrected chi connectivity index (χ1v) is 6.17. The molecular formula is C12H14ClN3S. The van der Waals surface area contributed by atoms with Crippen molar-refractivity contribution in [2.24, 2.45) is 5.73 Å². The molecule has 17 heavy (non-hydrogen) atoms. The molecule has 1 aromatic carbocycles. The van der Waals surface area contributed by atoms with Crippen molar-refractivity contribution in [2.75, 3.05) is 13.2 Å². The van der Waals surface area contributed by atoms with Gasteiger partial charge in [-0.1, -0.05) is 29.8 Å². The topological polar surface area (TPSA) is 32.5 Å². The normalized spacial score (nSPS) is 14.4. The Hall–Kier alpha value is -1.26. The fourth-order valence-corrected chi connectivity index (χ4v) is 2.07. The third-order valence-electron chi connectivity index (χ3n) is 2.70. The maximum atomic E-state index is 6.10. The third kappa shape index (κ3) is 3.11. The molecule has 1 aliphatic rings. The van der Waals surface area contributed by atoms with Gasteiger partial charge < -0.3 is 15.5 Å². The van der Waals surface area contributed by atoms with Gasteiger partial charge in [0.15, 0.2) is 5.11 Å². The Morgan fingerprint density at radius 1 is 1.35 bits per heavy atom. The number of nitrogens with zero attached hydrogens (tertiary/aromatic N) is 2. The average molecular weight is 268 g/mol. The van der Waals surface area contributed by atoms with Crippen molar-refractivity contribution in [2.45, 2.75) is 6.42 Å². The van der Waals surface area contributed by atoms with Gasteiger partial charge in [0.1, 0.15) is 0 Å². The Kier molecular flexibility index (Phi) is 3.86. The van der Waals surface area contributed by atoms with Crippen molar-refractivity contribution in [3.63, 3.8) is 0 Å². The van der Waals surface area contributed by atoms with E-state index in [9.17, 15) is 0 Å². The van der Waals surface area contributed by atoms with E-state index >= 15 is 0 Å². The van der Waals surface area contributed by atoms with Crippen LogP contribution in [0.5, 0.6) is 0 Å². The minimum Gasteiger partial charge on any atom is -0.376 e. The fraction of sp³-hybridized carbons (Fsp3) is 0.250. The van der Waals surface area contributed by atoms with Crippen LogP contribution >= 0.6 is 23.8 Å². The lowest BCUT2D eigenvalue weighted by Gasteiger charge is -2.20. The van der Waals surface area contributed by atoms with Crippen molar-refractivity contribution in [1.82, 2.24) is 9.80 Å². The van der Waals surface area contributed by atoms with Gasteiger partial charge in [0.25, 0.3) is 0 Å². The van der Waals surface area contributed by atoms with Crippen molar-refractivity contribution < 1.29 is 0 Å². The van der Waals surface area contributed by atoms with E-state index in [-0.39, 0.29) is 0 Å². The monoisotopic (exact) mass is 267 g/mol. The molecule has 1 aromatic rings. The molecule has 0 saturated heterocycles. The summed E-state index contributed by atoms with van der Waals surface area (Å²) in [6.45, 7) is 1.62. The second-order valence-electron chi connectivity index (χ2n) is 3.90. The molecule has 0 saturated carbocycles. The summed E-state index contributed by atoms with van der Waals surface area (Å²) in [6, 6.07) is 7.91. The highest BCUT2D eigenvalue weighted by molar-refractivity contribution is 7.80. The van der Waals surface area contributed by atoms with E-state index in [0.717, 1.165) is 30.2 Å². The minimum atomic E-state index is 0.404. The van der Waals surface area contributed by atoms with Crippen molar-refractivity contribution >= 4 is 28.9 Å². The van der Waals surface area contributed by atoms with Crippen LogP contribution in [0.15, 0.2) is 36.7 Å². The van der Waals surface area contributed by atoms with Gasteiger partial charge in [-0.05, 0) is 30.3 Å². The van der Waals surface area contributed by atoms with E-state index < -0.39 is 0 Å². The summed E-state index contributed by atoms with van der Waals surface area (Å²) in [6.07, 6.45) is 4.81. The van der Waals surface area contributed by atoms with E-state index in [2.05, 4.69) is 4.90 Å². The first kappa shape index (κ1) is 12.2. The molecule has 0 amide bonds. The molecule has 2 N–H and O–H groups in total. The maximum Gasteiger partial charge on any atom is 0.171 e. The number of halogens is 1. The Bertz CT molecular complexity index is 447. The average Bonchev–Trinajstić information content (AvgIpc) is 2.77. The van der Waals surface area contributed by atoms with E-state index in [4.69, 9.17) is 29.6 Å². The number of hydrogen-bond donors (Lipinski definition) is 1. The quantitative estimate of drug-likeness (QED) is 0.851. The SMILES string of the molecule is NC(=S)N1C=CN(CCc2ccccc2Cl)C1. The summed E-state index contributed by atoms with van der Waals surface area (Å²) < 4.78 is 0. The standard InChI is InChI=1S/C12H14ClN3S/c13-11-4-2-1-3-10(11)5-6-15-7-8-16(9-15)12(14)17/h1-4,7-8H,5-6,9H2,(H2,14,17). The third-order valence-corrected chi connectivity index (χ3v) is 3.30. The molecule has 5 heteroatoms. The van der Waals surface area contributed by atoms with Crippen LogP contribution in [0.1, 0.15) is 5.56 Å². The van der Waals surface area contributed by atoms with Crippen LogP contribution in [-0.4, -0.2) is 28.1 Å². The zero-order valence-corrected chi connectivity index (χ0v) is 10.9. The smallest absolute Gasteiger partial charge is 0.171 e. The van der Waals surface area contributed by atoms with Crippen LogP contribution in [0.4, 0.5) is 0 Å². The Morgan fingerprint density at radius 2 is 2.12 bits per heavy atom. The first-order chi connectivity index (χ1) is 8.16. The van der Waals surface area contributed by atoms with E-state index in [1.807, 2.05) is 41.6 Å². The molecular weight excluding hydrogens is 254 g/mol. The summed E-state index contributed by atoms with van der Waals surface area (Å²) in [5.74, 6) is 0. The zero-order chi connectivity index (χ0) is 12.3. The van der Waals surface area contributed by atoms with Gasteiger partial charge >= 0.3 is 0 Å². The van der Waals surface area contributed by atoms with E-state index in [1.54, 1.807) is 0 Å². The molecule has 90 valence electrons. The molecule has 1 heterocycles. The molecule has 0 fully saturated rings. The van der Waals surface area contributed by atoms with Crippen molar-refractivity contribution in [3.05, 3.63) is 47.3 Å². The van der Waals surface area contributed by atoms with Gasteiger partial charge in [0, 0.05) is 24.0 Å². The highest BCUT2D eigenvalue weighted by atomic mass is 35.5. The number of benzene rings is 1. The largest absolute Gasteiger partial charge is 0.376 e. The molecule has 0 spiro atoms.